The predicted molar refractivity (Wildman–Crippen MR) is 72.3 cm³/mol. The molecule has 1 aromatic carbocycles. The van der Waals surface area contributed by atoms with Gasteiger partial charge in [-0.1, -0.05) is 6.07 Å². The minimum absolute atomic E-state index is 0.0289. The average molecular weight is 247 g/mol. The Morgan fingerprint density at radius 1 is 1.11 bits per heavy atom. The largest absolute Gasteiger partial charge is 0.316 e. The van der Waals surface area contributed by atoms with Crippen molar-refractivity contribution in [2.45, 2.75) is 44.9 Å². The van der Waals surface area contributed by atoms with Crippen LogP contribution in [0.5, 0.6) is 0 Å². The van der Waals surface area contributed by atoms with Crippen molar-refractivity contribution >= 4 is 0 Å². The third-order valence-corrected chi connectivity index (χ3v) is 4.42. The van der Waals surface area contributed by atoms with E-state index in [0.29, 0.717) is 5.92 Å². The van der Waals surface area contributed by atoms with Crippen LogP contribution >= 0.6 is 0 Å². The number of piperidine rings is 1. The van der Waals surface area contributed by atoms with Gasteiger partial charge in [0.05, 0.1) is 0 Å². The summed E-state index contributed by atoms with van der Waals surface area (Å²) in [5.74, 6) is 0.649. The normalized spacial score (nSPS) is 23.7. The van der Waals surface area contributed by atoms with Gasteiger partial charge >= 0.3 is 0 Å². The molecule has 1 aromatic rings. The monoisotopic (exact) mass is 247 g/mol. The molecule has 18 heavy (non-hydrogen) atoms. The van der Waals surface area contributed by atoms with Crippen LogP contribution in [0.2, 0.25) is 0 Å². The van der Waals surface area contributed by atoms with Crippen LogP contribution in [0.15, 0.2) is 12.1 Å². The fourth-order valence-electron chi connectivity index (χ4n) is 3.37. The molecule has 98 valence electrons. The molecule has 0 amide bonds. The predicted octanol–water partition coefficient (Wildman–Crippen LogP) is 3.25. The minimum atomic E-state index is 0.0289. The van der Waals surface area contributed by atoms with E-state index in [1.165, 1.54) is 36.8 Å². The highest BCUT2D eigenvalue weighted by atomic mass is 19.1. The van der Waals surface area contributed by atoms with E-state index in [4.69, 9.17) is 0 Å². The Bertz CT molecular complexity index is 421. The average Bonchev–Trinajstić information content (AvgIpc) is 2.41. The Labute approximate surface area is 109 Å². The van der Waals surface area contributed by atoms with Gasteiger partial charge in [-0.3, -0.25) is 0 Å². The van der Waals surface area contributed by atoms with E-state index in [1.54, 1.807) is 6.07 Å². The van der Waals surface area contributed by atoms with Crippen LogP contribution in [0, 0.1) is 11.7 Å². The van der Waals surface area contributed by atoms with Gasteiger partial charge in [0.25, 0.3) is 0 Å². The summed E-state index contributed by atoms with van der Waals surface area (Å²) in [5, 5.41) is 3.41. The smallest absolute Gasteiger partial charge is 0.126 e. The number of hydrogen-bond donors (Lipinski definition) is 1. The summed E-state index contributed by atoms with van der Waals surface area (Å²) in [7, 11) is 0. The third-order valence-electron chi connectivity index (χ3n) is 4.42. The minimum Gasteiger partial charge on any atom is -0.316 e. The lowest BCUT2D eigenvalue weighted by molar-refractivity contribution is 0.371. The van der Waals surface area contributed by atoms with Crippen molar-refractivity contribution in [3.8, 4) is 0 Å². The Balaban J connectivity index is 1.78. The zero-order chi connectivity index (χ0) is 12.4. The second kappa shape index (κ2) is 5.40. The summed E-state index contributed by atoms with van der Waals surface area (Å²) in [6, 6.07) is 3.96. The maximum atomic E-state index is 14.1. The molecular weight excluding hydrogens is 225 g/mol. The van der Waals surface area contributed by atoms with Crippen molar-refractivity contribution in [3.05, 3.63) is 34.6 Å². The highest BCUT2D eigenvalue weighted by molar-refractivity contribution is 5.35. The van der Waals surface area contributed by atoms with Gasteiger partial charge in [0, 0.05) is 0 Å². The molecule has 1 nitrogen and oxygen atoms in total. The van der Waals surface area contributed by atoms with Crippen molar-refractivity contribution in [2.24, 2.45) is 5.92 Å². The van der Waals surface area contributed by atoms with Crippen LogP contribution in [-0.2, 0) is 19.3 Å². The van der Waals surface area contributed by atoms with Gasteiger partial charge in [-0.05, 0) is 86.7 Å². The molecule has 3 rings (SSSR count). The maximum Gasteiger partial charge on any atom is 0.126 e. The maximum absolute atomic E-state index is 14.1. The molecule has 0 aromatic heterocycles. The first kappa shape index (κ1) is 12.2. The molecule has 1 aliphatic heterocycles. The molecule has 1 saturated heterocycles. The van der Waals surface area contributed by atoms with E-state index >= 15 is 0 Å². The van der Waals surface area contributed by atoms with Gasteiger partial charge in [-0.2, -0.15) is 0 Å². The Hall–Kier alpha value is -0.890. The molecule has 1 fully saturated rings. The second-order valence-electron chi connectivity index (χ2n) is 5.84. The zero-order valence-corrected chi connectivity index (χ0v) is 11.0. The molecule has 1 atom stereocenters. The van der Waals surface area contributed by atoms with Gasteiger partial charge in [0.1, 0.15) is 5.82 Å². The number of rotatable bonds is 2. The Morgan fingerprint density at radius 3 is 2.61 bits per heavy atom. The van der Waals surface area contributed by atoms with Crippen LogP contribution in [0.4, 0.5) is 4.39 Å². The number of halogens is 1. The Morgan fingerprint density at radius 2 is 1.89 bits per heavy atom. The summed E-state index contributed by atoms with van der Waals surface area (Å²) in [5.41, 5.74) is 3.61. The van der Waals surface area contributed by atoms with E-state index in [2.05, 4.69) is 11.4 Å². The number of aryl methyl sites for hydroxylation is 2. The van der Waals surface area contributed by atoms with Crippen molar-refractivity contribution in [2.75, 3.05) is 13.1 Å². The van der Waals surface area contributed by atoms with Gasteiger partial charge in [-0.25, -0.2) is 4.39 Å². The van der Waals surface area contributed by atoms with E-state index in [1.807, 2.05) is 0 Å². The molecular formula is C16H22FN. The summed E-state index contributed by atoms with van der Waals surface area (Å²) < 4.78 is 14.1. The summed E-state index contributed by atoms with van der Waals surface area (Å²) in [6.45, 7) is 2.18. The number of hydrogen-bond acceptors (Lipinski definition) is 1. The van der Waals surface area contributed by atoms with Crippen molar-refractivity contribution in [1.29, 1.82) is 0 Å². The summed E-state index contributed by atoms with van der Waals surface area (Å²) in [6.07, 6.45) is 8.08. The quantitative estimate of drug-likeness (QED) is 0.846. The molecule has 1 N–H and O–H groups in total. The van der Waals surface area contributed by atoms with Crippen LogP contribution in [0.25, 0.3) is 0 Å². The standard InChI is InChI=1S/C16H22FN/c17-16-10-14-6-2-1-5-13(14)9-15(16)8-12-4-3-7-18-11-12/h9-10,12,18H,1-8,11H2. The van der Waals surface area contributed by atoms with Gasteiger partial charge in [0.2, 0.25) is 0 Å². The third kappa shape index (κ3) is 2.59. The van der Waals surface area contributed by atoms with E-state index in [9.17, 15) is 4.39 Å². The highest BCUT2D eigenvalue weighted by Gasteiger charge is 2.18. The topological polar surface area (TPSA) is 12.0 Å². The highest BCUT2D eigenvalue weighted by Crippen LogP contribution is 2.26. The van der Waals surface area contributed by atoms with E-state index in [0.717, 1.165) is 37.9 Å². The number of fused-ring (bicyclic) bond motifs is 1. The first-order valence-corrected chi connectivity index (χ1v) is 7.34. The van der Waals surface area contributed by atoms with Gasteiger partial charge < -0.3 is 5.32 Å². The Kier molecular flexibility index (Phi) is 3.64. The molecule has 0 radical (unpaired) electrons. The molecule has 2 heteroatoms. The van der Waals surface area contributed by atoms with E-state index < -0.39 is 0 Å². The molecule has 1 unspecified atom stereocenters. The number of benzene rings is 1. The number of nitrogens with one attached hydrogen (secondary N) is 1. The molecule has 0 saturated carbocycles. The fourth-order valence-corrected chi connectivity index (χ4v) is 3.37. The van der Waals surface area contributed by atoms with Gasteiger partial charge in [0.15, 0.2) is 0 Å². The van der Waals surface area contributed by atoms with Crippen molar-refractivity contribution < 1.29 is 4.39 Å². The molecule has 0 spiro atoms. The first-order chi connectivity index (χ1) is 8.83. The second-order valence-corrected chi connectivity index (χ2v) is 5.84. The van der Waals surface area contributed by atoms with Crippen molar-refractivity contribution in [3.63, 3.8) is 0 Å². The lowest BCUT2D eigenvalue weighted by Gasteiger charge is -2.24. The molecule has 1 aliphatic carbocycles. The van der Waals surface area contributed by atoms with E-state index in [-0.39, 0.29) is 5.82 Å². The van der Waals surface area contributed by atoms with Crippen LogP contribution in [0.1, 0.15) is 42.4 Å². The van der Waals surface area contributed by atoms with Crippen LogP contribution in [0.3, 0.4) is 0 Å². The fraction of sp³-hybridized carbons (Fsp3) is 0.625. The SMILES string of the molecule is Fc1cc2c(cc1CC1CCCNC1)CCCC2. The summed E-state index contributed by atoms with van der Waals surface area (Å²) >= 11 is 0. The van der Waals surface area contributed by atoms with Crippen molar-refractivity contribution in [1.82, 2.24) is 5.32 Å². The first-order valence-electron chi connectivity index (χ1n) is 7.34. The van der Waals surface area contributed by atoms with Gasteiger partial charge in [-0.15, -0.1) is 0 Å². The molecule has 0 bridgehead atoms. The lowest BCUT2D eigenvalue weighted by atomic mass is 9.86. The lowest BCUT2D eigenvalue weighted by Crippen LogP contribution is -2.31. The summed E-state index contributed by atoms with van der Waals surface area (Å²) in [4.78, 5) is 0. The molecule has 1 heterocycles. The van der Waals surface area contributed by atoms with Crippen LogP contribution in [-0.4, -0.2) is 13.1 Å². The molecule has 2 aliphatic rings. The zero-order valence-electron chi connectivity index (χ0n) is 11.0. The van der Waals surface area contributed by atoms with Crippen LogP contribution < -0.4 is 5.32 Å².